The van der Waals surface area contributed by atoms with Crippen LogP contribution in [-0.4, -0.2) is 33.1 Å². The maximum Gasteiger partial charge on any atom is 0.327 e. The number of rotatable bonds is 6. The fraction of sp³-hybridized carbons (Fsp3) is 0.357. The van der Waals surface area contributed by atoms with Gasteiger partial charge in [-0.25, -0.2) is 4.79 Å². The molecule has 1 amide bonds. The molecule has 1 aromatic carbocycles. The zero-order valence-electron chi connectivity index (χ0n) is 11.9. The number of hydrogen-bond acceptors (Lipinski definition) is 4. The van der Waals surface area contributed by atoms with E-state index in [0.717, 1.165) is 17.7 Å². The van der Waals surface area contributed by atoms with Crippen LogP contribution in [0.5, 0.6) is 0 Å². The topological polar surface area (TPSA) is 78.4 Å². The quantitative estimate of drug-likeness (QED) is 0.696. The highest BCUT2D eigenvalue weighted by atomic mass is 32.2. The maximum absolute atomic E-state index is 11.0. The van der Waals surface area contributed by atoms with Crippen LogP contribution in [0.2, 0.25) is 0 Å². The van der Waals surface area contributed by atoms with Gasteiger partial charge < -0.3 is 15.7 Å². The van der Waals surface area contributed by atoms with Crippen LogP contribution in [0.15, 0.2) is 24.3 Å². The summed E-state index contributed by atoms with van der Waals surface area (Å²) < 4.78 is 0.479. The summed E-state index contributed by atoms with van der Waals surface area (Å²) in [5.41, 5.74) is 2.06. The van der Waals surface area contributed by atoms with E-state index in [0.29, 0.717) is 4.32 Å². The van der Waals surface area contributed by atoms with E-state index >= 15 is 0 Å². The molecule has 114 valence electrons. The predicted molar refractivity (Wildman–Crippen MR) is 89.7 cm³/mol. The molecule has 1 rings (SSSR count). The van der Waals surface area contributed by atoms with Crippen molar-refractivity contribution in [3.8, 4) is 0 Å². The summed E-state index contributed by atoms with van der Waals surface area (Å²) in [5, 5.41) is 14.5. The van der Waals surface area contributed by atoms with Gasteiger partial charge in [-0.1, -0.05) is 49.1 Å². The Hall–Kier alpha value is -1.60. The van der Waals surface area contributed by atoms with Crippen LogP contribution in [-0.2, 0) is 16.0 Å². The lowest BCUT2D eigenvalue weighted by Gasteiger charge is -2.15. The Balaban J connectivity index is 2.57. The minimum absolute atomic E-state index is 0.176. The Morgan fingerprint density at radius 3 is 2.62 bits per heavy atom. The van der Waals surface area contributed by atoms with Crippen molar-refractivity contribution in [3.63, 3.8) is 0 Å². The molecule has 0 spiro atoms. The standard InChI is InChI=1S/C14H18N2O3S2/c1-3-10-6-4-5-7-11(10)16-14(20)21-8-12(13(18)19)15-9(2)17/h4-7,12H,3,8H2,1-2H3,(H,15,17)(H,16,20)(H,18,19)/t12-/m0/s1. The number of thioether (sulfide) groups is 1. The van der Waals surface area contributed by atoms with E-state index in [4.69, 9.17) is 17.3 Å². The molecular formula is C14H18N2O3S2. The molecule has 0 bridgehead atoms. The Morgan fingerprint density at radius 2 is 2.05 bits per heavy atom. The molecule has 0 aromatic heterocycles. The number of carbonyl (C=O) groups excluding carboxylic acids is 1. The van der Waals surface area contributed by atoms with Crippen LogP contribution in [0, 0.1) is 0 Å². The first-order chi connectivity index (χ1) is 9.93. The van der Waals surface area contributed by atoms with Crippen molar-refractivity contribution in [3.05, 3.63) is 29.8 Å². The predicted octanol–water partition coefficient (Wildman–Crippen LogP) is 2.27. The number of carboxylic acid groups (broad SMARTS) is 1. The molecule has 0 aliphatic rings. The number of nitrogens with one attached hydrogen (secondary N) is 2. The second-order valence-corrected chi connectivity index (χ2v) is 6.02. The summed E-state index contributed by atoms with van der Waals surface area (Å²) in [6.07, 6.45) is 0.875. The highest BCUT2D eigenvalue weighted by molar-refractivity contribution is 8.23. The van der Waals surface area contributed by atoms with E-state index in [9.17, 15) is 9.59 Å². The normalized spacial score (nSPS) is 11.5. The van der Waals surface area contributed by atoms with Gasteiger partial charge in [-0.15, -0.1) is 0 Å². The lowest BCUT2D eigenvalue weighted by molar-refractivity contribution is -0.140. The Bertz CT molecular complexity index is 535. The molecule has 0 heterocycles. The lowest BCUT2D eigenvalue weighted by atomic mass is 10.1. The first-order valence-electron chi connectivity index (χ1n) is 6.45. The number of carbonyl (C=O) groups is 2. The largest absolute Gasteiger partial charge is 0.480 e. The van der Waals surface area contributed by atoms with Gasteiger partial charge in [0, 0.05) is 18.4 Å². The number of para-hydroxylation sites is 1. The minimum Gasteiger partial charge on any atom is -0.480 e. The molecule has 5 nitrogen and oxygen atoms in total. The summed E-state index contributed by atoms with van der Waals surface area (Å²) in [4.78, 5) is 22.0. The molecule has 0 saturated heterocycles. The van der Waals surface area contributed by atoms with Crippen molar-refractivity contribution in [2.45, 2.75) is 26.3 Å². The van der Waals surface area contributed by atoms with Gasteiger partial charge in [0.05, 0.1) is 0 Å². The summed E-state index contributed by atoms with van der Waals surface area (Å²) in [6.45, 7) is 3.34. The molecular weight excluding hydrogens is 308 g/mol. The number of thiocarbonyl (C=S) groups is 1. The second kappa shape index (κ2) is 8.63. The molecule has 1 aromatic rings. The van der Waals surface area contributed by atoms with E-state index in [1.54, 1.807) is 0 Å². The second-order valence-electron chi connectivity index (χ2n) is 4.33. The van der Waals surface area contributed by atoms with Crippen LogP contribution >= 0.6 is 24.0 Å². The van der Waals surface area contributed by atoms with E-state index in [-0.39, 0.29) is 11.7 Å². The molecule has 0 aliphatic heterocycles. The smallest absolute Gasteiger partial charge is 0.327 e. The third-order valence-corrected chi connectivity index (χ3v) is 4.01. The van der Waals surface area contributed by atoms with E-state index < -0.39 is 12.0 Å². The Morgan fingerprint density at radius 1 is 1.38 bits per heavy atom. The fourth-order valence-corrected chi connectivity index (χ4v) is 2.72. The SMILES string of the molecule is CCc1ccccc1NC(=S)SC[C@H](NC(C)=O)C(=O)O. The molecule has 0 fully saturated rings. The van der Waals surface area contributed by atoms with Gasteiger partial charge in [0.15, 0.2) is 0 Å². The summed E-state index contributed by atoms with van der Waals surface area (Å²) in [7, 11) is 0. The first kappa shape index (κ1) is 17.5. The Kier molecular flexibility index (Phi) is 7.18. The van der Waals surface area contributed by atoms with Gasteiger partial charge in [0.2, 0.25) is 5.91 Å². The van der Waals surface area contributed by atoms with Gasteiger partial charge in [-0.3, -0.25) is 4.79 Å². The van der Waals surface area contributed by atoms with E-state index in [1.165, 1.54) is 18.7 Å². The first-order valence-corrected chi connectivity index (χ1v) is 7.85. The van der Waals surface area contributed by atoms with Crippen molar-refractivity contribution >= 4 is 45.9 Å². The molecule has 7 heteroatoms. The molecule has 0 saturated carbocycles. The van der Waals surface area contributed by atoms with Crippen LogP contribution in [0.4, 0.5) is 5.69 Å². The van der Waals surface area contributed by atoms with Crippen molar-refractivity contribution in [2.24, 2.45) is 0 Å². The molecule has 21 heavy (non-hydrogen) atoms. The molecule has 0 unspecified atom stereocenters. The van der Waals surface area contributed by atoms with Gasteiger partial charge in [-0.05, 0) is 18.1 Å². The number of hydrogen-bond donors (Lipinski definition) is 3. The highest BCUT2D eigenvalue weighted by Crippen LogP contribution is 2.18. The van der Waals surface area contributed by atoms with Crippen LogP contribution in [0.1, 0.15) is 19.4 Å². The van der Waals surface area contributed by atoms with Crippen LogP contribution in [0.25, 0.3) is 0 Å². The average molecular weight is 326 g/mol. The minimum atomic E-state index is -1.07. The van der Waals surface area contributed by atoms with Crippen molar-refractivity contribution in [1.82, 2.24) is 5.32 Å². The maximum atomic E-state index is 11.0. The van der Waals surface area contributed by atoms with Crippen molar-refractivity contribution in [2.75, 3.05) is 11.1 Å². The third-order valence-electron chi connectivity index (χ3n) is 2.69. The fourth-order valence-electron chi connectivity index (χ4n) is 1.68. The summed E-state index contributed by atoms with van der Waals surface area (Å²) in [5.74, 6) is -1.28. The van der Waals surface area contributed by atoms with Crippen molar-refractivity contribution < 1.29 is 14.7 Å². The number of benzene rings is 1. The number of anilines is 1. The summed E-state index contributed by atoms with van der Waals surface area (Å²) >= 11 is 6.40. The lowest BCUT2D eigenvalue weighted by Crippen LogP contribution is -2.41. The van der Waals surface area contributed by atoms with Gasteiger partial charge in [0.25, 0.3) is 0 Å². The van der Waals surface area contributed by atoms with Gasteiger partial charge in [0.1, 0.15) is 10.4 Å². The highest BCUT2D eigenvalue weighted by Gasteiger charge is 2.19. The zero-order chi connectivity index (χ0) is 15.8. The van der Waals surface area contributed by atoms with E-state index in [2.05, 4.69) is 10.6 Å². The number of carboxylic acids is 1. The molecule has 0 aliphatic carbocycles. The average Bonchev–Trinajstić information content (AvgIpc) is 2.43. The number of aliphatic carboxylic acids is 1. The summed E-state index contributed by atoms with van der Waals surface area (Å²) in [6, 6.07) is 6.85. The third kappa shape index (κ3) is 6.14. The van der Waals surface area contributed by atoms with Crippen LogP contribution in [0.3, 0.4) is 0 Å². The Labute approximate surface area is 133 Å². The molecule has 0 radical (unpaired) electrons. The molecule has 1 atom stereocenters. The number of amides is 1. The number of aryl methyl sites for hydroxylation is 1. The zero-order valence-corrected chi connectivity index (χ0v) is 13.5. The van der Waals surface area contributed by atoms with E-state index in [1.807, 2.05) is 31.2 Å². The van der Waals surface area contributed by atoms with Gasteiger partial charge >= 0.3 is 5.97 Å². The van der Waals surface area contributed by atoms with Gasteiger partial charge in [-0.2, -0.15) is 0 Å². The van der Waals surface area contributed by atoms with Crippen LogP contribution < -0.4 is 10.6 Å². The monoisotopic (exact) mass is 326 g/mol. The molecule has 3 N–H and O–H groups in total. The van der Waals surface area contributed by atoms with Crippen molar-refractivity contribution in [1.29, 1.82) is 0 Å².